The molecule has 0 atom stereocenters. The molecule has 0 N–H and O–H groups in total. The first-order valence-corrected chi connectivity index (χ1v) is 10.1. The molecule has 4 rings (SSSR count). The summed E-state index contributed by atoms with van der Waals surface area (Å²) in [5.41, 5.74) is 8.15. The van der Waals surface area contributed by atoms with Gasteiger partial charge in [0.1, 0.15) is 5.75 Å². The van der Waals surface area contributed by atoms with Crippen LogP contribution >= 0.6 is 0 Å². The van der Waals surface area contributed by atoms with Crippen LogP contribution in [0.1, 0.15) is 57.1 Å². The summed E-state index contributed by atoms with van der Waals surface area (Å²) in [6.45, 7) is 14.7. The summed E-state index contributed by atoms with van der Waals surface area (Å²) >= 11 is 0. The third-order valence-corrected chi connectivity index (χ3v) is 5.19. The van der Waals surface area contributed by atoms with Gasteiger partial charge >= 0.3 is 7.26 Å². The zero-order valence-corrected chi connectivity index (χ0v) is 17.9. The van der Waals surface area contributed by atoms with E-state index in [2.05, 4.69) is 38.1 Å². The number of halogens is 1. The molecule has 0 aliphatic carbocycles. The van der Waals surface area contributed by atoms with E-state index >= 15 is 4.32 Å². The van der Waals surface area contributed by atoms with Crippen molar-refractivity contribution in [2.24, 2.45) is 0 Å². The smallest absolute Gasteiger partial charge is 0.494 e. The van der Waals surface area contributed by atoms with E-state index in [-0.39, 0.29) is 0 Å². The van der Waals surface area contributed by atoms with Gasteiger partial charge in [-0.2, -0.15) is 0 Å². The van der Waals surface area contributed by atoms with Crippen LogP contribution in [0, 0.1) is 13.8 Å². The molecule has 5 heteroatoms. The molecule has 0 spiro atoms. The van der Waals surface area contributed by atoms with Gasteiger partial charge in [0.05, 0.1) is 17.9 Å². The van der Waals surface area contributed by atoms with Crippen LogP contribution in [0.2, 0.25) is 0 Å². The summed E-state index contributed by atoms with van der Waals surface area (Å²) in [4.78, 5) is 0. The van der Waals surface area contributed by atoms with Crippen LogP contribution in [0.25, 0.3) is 5.57 Å². The van der Waals surface area contributed by atoms with Crippen molar-refractivity contribution in [3.63, 3.8) is 0 Å². The number of ether oxygens (including phenoxy) is 1. The zero-order chi connectivity index (χ0) is 20.6. The second kappa shape index (κ2) is 7.82. The van der Waals surface area contributed by atoms with E-state index in [0.29, 0.717) is 6.61 Å². The lowest BCUT2D eigenvalue weighted by Gasteiger charge is -2.22. The van der Waals surface area contributed by atoms with Crippen molar-refractivity contribution in [1.29, 1.82) is 0 Å². The number of fused-ring (bicyclic) bond motifs is 2. The highest BCUT2D eigenvalue weighted by Crippen LogP contribution is 2.40. The molecule has 0 saturated carbocycles. The number of nitrogens with zero attached hydrogens (tertiary/aromatic N) is 2. The third-order valence-electron chi connectivity index (χ3n) is 5.19. The lowest BCUT2D eigenvalue weighted by atomic mass is 9.87. The molecule has 0 saturated heterocycles. The van der Waals surface area contributed by atoms with Crippen LogP contribution in [0.3, 0.4) is 0 Å². The third kappa shape index (κ3) is 3.03. The number of aryl methyl sites for hydroxylation is 2. The van der Waals surface area contributed by atoms with Crippen LogP contribution in [-0.4, -0.2) is 28.5 Å². The van der Waals surface area contributed by atoms with Crippen molar-refractivity contribution < 1.29 is 13.5 Å². The van der Waals surface area contributed by atoms with Gasteiger partial charge < -0.3 is 4.74 Å². The van der Waals surface area contributed by atoms with Crippen molar-refractivity contribution >= 4 is 18.5 Å². The molecule has 3 nitrogen and oxygen atoms in total. The van der Waals surface area contributed by atoms with Gasteiger partial charge in [0, 0.05) is 24.3 Å². The minimum atomic E-state index is -1.21. The second-order valence-corrected chi connectivity index (χ2v) is 7.02. The SMILES string of the molecule is CC.CCOc1ccc(C2=C3C(C)=CC(C)=[N+]3B(F)n3c(C)cc(C)c32)cc1. The molecule has 2 aliphatic rings. The molecule has 0 radical (unpaired) electrons. The van der Waals surface area contributed by atoms with Gasteiger partial charge in [-0.25, -0.2) is 8.80 Å². The maximum atomic E-state index is 15.5. The van der Waals surface area contributed by atoms with Crippen LogP contribution in [-0.2, 0) is 0 Å². The molecule has 0 amide bonds. The molecule has 1 aromatic heterocycles. The van der Waals surface area contributed by atoms with E-state index in [1.165, 1.54) is 0 Å². The number of allylic oxidation sites excluding steroid dienone is 2. The normalized spacial score (nSPS) is 15.1. The largest absolute Gasteiger partial charge is 0.846 e. The van der Waals surface area contributed by atoms with Crippen LogP contribution in [0.4, 0.5) is 4.32 Å². The molecular formula is C23H29BFN2O+. The van der Waals surface area contributed by atoms with Crippen LogP contribution in [0.5, 0.6) is 5.75 Å². The first kappa shape index (κ1) is 20.2. The number of hydrogen-bond acceptors (Lipinski definition) is 1. The van der Waals surface area contributed by atoms with Gasteiger partial charge in [0.2, 0.25) is 0 Å². The topological polar surface area (TPSA) is 17.2 Å². The molecule has 3 heterocycles. The first-order valence-electron chi connectivity index (χ1n) is 10.1. The molecular weight excluding hydrogens is 350 g/mol. The van der Waals surface area contributed by atoms with E-state index in [9.17, 15) is 0 Å². The highest BCUT2D eigenvalue weighted by molar-refractivity contribution is 6.43. The van der Waals surface area contributed by atoms with Crippen molar-refractivity contribution in [3.05, 3.63) is 70.2 Å². The second-order valence-electron chi connectivity index (χ2n) is 7.02. The number of benzene rings is 1. The Morgan fingerprint density at radius 2 is 1.71 bits per heavy atom. The van der Waals surface area contributed by atoms with E-state index < -0.39 is 7.26 Å². The predicted molar refractivity (Wildman–Crippen MR) is 116 cm³/mol. The lowest BCUT2D eigenvalue weighted by Crippen LogP contribution is -2.40. The Hall–Kier alpha value is -2.56. The Morgan fingerprint density at radius 3 is 2.32 bits per heavy atom. The Kier molecular flexibility index (Phi) is 5.64. The molecule has 2 aliphatic heterocycles. The van der Waals surface area contributed by atoms with E-state index in [1.807, 2.05) is 46.8 Å². The van der Waals surface area contributed by atoms with Crippen molar-refractivity contribution in [2.75, 3.05) is 6.61 Å². The maximum Gasteiger partial charge on any atom is 0.846 e. The fourth-order valence-corrected chi connectivity index (χ4v) is 4.21. The predicted octanol–water partition coefficient (Wildman–Crippen LogP) is 5.54. The molecule has 146 valence electrons. The Balaban J connectivity index is 0.00000109. The van der Waals surface area contributed by atoms with E-state index in [4.69, 9.17) is 4.74 Å². The minimum absolute atomic E-state index is 0.641. The minimum Gasteiger partial charge on any atom is -0.494 e. The first-order chi connectivity index (χ1) is 13.4. The summed E-state index contributed by atoms with van der Waals surface area (Å²) in [6, 6.07) is 10.2. The average Bonchev–Trinajstić information content (AvgIpc) is 3.15. The quantitative estimate of drug-likeness (QED) is 0.640. The lowest BCUT2D eigenvalue weighted by molar-refractivity contribution is -0.336. The van der Waals surface area contributed by atoms with Crippen molar-refractivity contribution in [2.45, 2.75) is 48.5 Å². The number of hydrogen-bond donors (Lipinski definition) is 0. The van der Waals surface area contributed by atoms with Crippen molar-refractivity contribution in [1.82, 2.24) is 4.48 Å². The summed E-state index contributed by atoms with van der Waals surface area (Å²) in [5, 5.41) is 0. The fraction of sp³-hybridized carbons (Fsp3) is 0.348. The van der Waals surface area contributed by atoms with E-state index in [1.54, 1.807) is 8.96 Å². The van der Waals surface area contributed by atoms with E-state index in [0.717, 1.165) is 50.8 Å². The van der Waals surface area contributed by atoms with Gasteiger partial charge in [-0.1, -0.05) is 26.0 Å². The van der Waals surface area contributed by atoms with Gasteiger partial charge in [-0.05, 0) is 57.0 Å². The summed E-state index contributed by atoms with van der Waals surface area (Å²) in [5.74, 6) is 0.850. The number of rotatable bonds is 3. The summed E-state index contributed by atoms with van der Waals surface area (Å²) < 4.78 is 24.7. The summed E-state index contributed by atoms with van der Waals surface area (Å²) in [6.07, 6.45) is 2.06. The highest BCUT2D eigenvalue weighted by atomic mass is 19.1. The maximum absolute atomic E-state index is 15.5. The van der Waals surface area contributed by atoms with Crippen molar-refractivity contribution in [3.8, 4) is 5.75 Å². The zero-order valence-electron chi connectivity index (χ0n) is 17.9. The van der Waals surface area contributed by atoms with Gasteiger partial charge in [-0.3, -0.25) is 4.48 Å². The van der Waals surface area contributed by atoms with Crippen LogP contribution in [0.15, 0.2) is 47.7 Å². The Bertz CT molecular complexity index is 996. The Labute approximate surface area is 168 Å². The molecule has 2 aromatic rings. The molecule has 0 bridgehead atoms. The Morgan fingerprint density at radius 1 is 1.07 bits per heavy atom. The molecule has 28 heavy (non-hydrogen) atoms. The van der Waals surface area contributed by atoms with Gasteiger partial charge in [0.25, 0.3) is 0 Å². The van der Waals surface area contributed by atoms with Crippen LogP contribution < -0.4 is 4.74 Å². The monoisotopic (exact) mass is 379 g/mol. The fourth-order valence-electron chi connectivity index (χ4n) is 4.21. The van der Waals surface area contributed by atoms with Gasteiger partial charge in [-0.15, -0.1) is 0 Å². The standard InChI is InChI=1S/C21H23BFN2O.C2H6/c1-6-26-18-9-7-17(8-10-18)19-20-13(2)11-15(4)24(20)22(23)25-16(5)12-14(3)21(19)25;1-2/h7-12H,6H2,1-5H3;1-2H3/q+1;. The molecule has 1 aromatic carbocycles. The summed E-state index contributed by atoms with van der Waals surface area (Å²) in [7, 11) is -1.21. The number of aromatic nitrogens is 1. The van der Waals surface area contributed by atoms with Gasteiger partial charge in [0.15, 0.2) is 11.4 Å². The highest BCUT2D eigenvalue weighted by Gasteiger charge is 2.51. The average molecular weight is 379 g/mol. The molecule has 0 fully saturated rings. The molecule has 0 unspecified atom stereocenters.